The number of rotatable bonds is 7. The zero-order valence-corrected chi connectivity index (χ0v) is 16.1. The fourth-order valence-electron chi connectivity index (χ4n) is 3.72. The molecule has 1 aliphatic heterocycles. The molecule has 4 rings (SSSR count). The van der Waals surface area contributed by atoms with Crippen molar-refractivity contribution in [2.45, 2.75) is 25.4 Å². The molecule has 2 aromatic carbocycles. The molecule has 2 heterocycles. The molecule has 2 unspecified atom stereocenters. The number of fused-ring (bicyclic) bond motifs is 2. The smallest absolute Gasteiger partial charge is 0.220 e. The molecule has 29 heavy (non-hydrogen) atoms. The average Bonchev–Trinajstić information content (AvgIpc) is 3.12. The van der Waals surface area contributed by atoms with Crippen LogP contribution in [0.25, 0.3) is 10.9 Å². The largest absolute Gasteiger partial charge is 0.497 e. The zero-order valence-electron chi connectivity index (χ0n) is 16.1. The summed E-state index contributed by atoms with van der Waals surface area (Å²) >= 11 is 0. The minimum absolute atomic E-state index is 0.285. The van der Waals surface area contributed by atoms with Crippen LogP contribution in [0.15, 0.2) is 42.6 Å². The summed E-state index contributed by atoms with van der Waals surface area (Å²) in [5, 5.41) is 0.825. The zero-order chi connectivity index (χ0) is 20.4. The number of hydrogen-bond donors (Lipinski definition) is 2. The molecule has 3 N–H and O–H groups in total. The molecule has 6 nitrogen and oxygen atoms in total. The Morgan fingerprint density at radius 2 is 2.17 bits per heavy atom. The van der Waals surface area contributed by atoms with Gasteiger partial charge in [0.15, 0.2) is 11.5 Å². The number of halogens is 1. The predicted octanol–water partition coefficient (Wildman–Crippen LogP) is 3.58. The van der Waals surface area contributed by atoms with Crippen LogP contribution in [0.2, 0.25) is 0 Å². The highest BCUT2D eigenvalue weighted by Gasteiger charge is 2.27. The highest BCUT2D eigenvalue weighted by molar-refractivity contribution is 5.83. The Morgan fingerprint density at radius 1 is 1.31 bits per heavy atom. The van der Waals surface area contributed by atoms with Crippen molar-refractivity contribution in [3.63, 3.8) is 0 Å². The van der Waals surface area contributed by atoms with Crippen LogP contribution >= 0.6 is 0 Å². The number of benzene rings is 2. The van der Waals surface area contributed by atoms with Crippen LogP contribution in [-0.2, 0) is 11.2 Å². The molecule has 152 valence electrons. The Kier molecular flexibility index (Phi) is 5.29. The van der Waals surface area contributed by atoms with Crippen LogP contribution in [0.5, 0.6) is 17.2 Å². The number of carbonyl (C=O) groups excluding carboxylic acids is 1. The molecule has 0 radical (unpaired) electrons. The second kappa shape index (κ2) is 8.03. The number of ether oxygens (including phenoxy) is 3. The molecule has 1 aromatic heterocycles. The van der Waals surface area contributed by atoms with E-state index < -0.39 is 0 Å². The molecule has 0 saturated heterocycles. The van der Waals surface area contributed by atoms with Crippen molar-refractivity contribution in [1.82, 2.24) is 4.98 Å². The lowest BCUT2D eigenvalue weighted by atomic mass is 9.93. The highest BCUT2D eigenvalue weighted by atomic mass is 19.1. The summed E-state index contributed by atoms with van der Waals surface area (Å²) in [6, 6.07) is 10.00. The van der Waals surface area contributed by atoms with E-state index in [1.54, 1.807) is 31.4 Å². The van der Waals surface area contributed by atoms with E-state index in [2.05, 4.69) is 4.98 Å². The molecule has 1 amide bonds. The Hall–Kier alpha value is -3.22. The fourth-order valence-corrected chi connectivity index (χ4v) is 3.72. The maximum Gasteiger partial charge on any atom is 0.220 e. The van der Waals surface area contributed by atoms with Crippen molar-refractivity contribution >= 4 is 16.8 Å². The monoisotopic (exact) mass is 398 g/mol. The second-order valence-corrected chi connectivity index (χ2v) is 7.24. The molecule has 0 aliphatic carbocycles. The summed E-state index contributed by atoms with van der Waals surface area (Å²) < 4.78 is 30.6. The fraction of sp³-hybridized carbons (Fsp3) is 0.318. The van der Waals surface area contributed by atoms with Gasteiger partial charge < -0.3 is 24.9 Å². The van der Waals surface area contributed by atoms with Crippen molar-refractivity contribution in [2.24, 2.45) is 11.7 Å². The number of carbonyl (C=O) groups is 1. The van der Waals surface area contributed by atoms with E-state index in [4.69, 9.17) is 19.9 Å². The number of hydrogen-bond acceptors (Lipinski definition) is 4. The SMILES string of the molecule is COc1ccc2c(c1)OC(CC(CCc1c[nH]c3ccc(F)cc13)C(N)=O)CO2. The first-order chi connectivity index (χ1) is 14.0. The lowest BCUT2D eigenvalue weighted by Crippen LogP contribution is -2.35. The van der Waals surface area contributed by atoms with Crippen LogP contribution in [0.1, 0.15) is 18.4 Å². The summed E-state index contributed by atoms with van der Waals surface area (Å²) in [5.74, 6) is 0.873. The third kappa shape index (κ3) is 4.13. The van der Waals surface area contributed by atoms with Crippen LogP contribution in [-0.4, -0.2) is 30.7 Å². The Morgan fingerprint density at radius 3 is 2.97 bits per heavy atom. The molecule has 2 atom stereocenters. The highest BCUT2D eigenvalue weighted by Crippen LogP contribution is 2.36. The minimum atomic E-state index is -0.380. The van der Waals surface area contributed by atoms with E-state index in [0.29, 0.717) is 43.1 Å². The predicted molar refractivity (Wildman–Crippen MR) is 107 cm³/mol. The van der Waals surface area contributed by atoms with Crippen molar-refractivity contribution in [2.75, 3.05) is 13.7 Å². The minimum Gasteiger partial charge on any atom is -0.497 e. The first-order valence-electron chi connectivity index (χ1n) is 9.56. The van der Waals surface area contributed by atoms with E-state index in [1.165, 1.54) is 12.1 Å². The van der Waals surface area contributed by atoms with E-state index in [1.807, 2.05) is 6.20 Å². The third-order valence-corrected chi connectivity index (χ3v) is 5.31. The summed E-state index contributed by atoms with van der Waals surface area (Å²) in [6.45, 7) is 0.349. The van der Waals surface area contributed by atoms with Gasteiger partial charge in [-0.1, -0.05) is 0 Å². The number of amides is 1. The number of aromatic amines is 1. The number of nitrogens with two attached hydrogens (primary N) is 1. The number of H-pyrrole nitrogens is 1. The number of methoxy groups -OCH3 is 1. The quantitative estimate of drug-likeness (QED) is 0.637. The van der Waals surface area contributed by atoms with Gasteiger partial charge >= 0.3 is 0 Å². The molecule has 0 saturated carbocycles. The molecule has 1 aliphatic rings. The summed E-state index contributed by atoms with van der Waals surface area (Å²) in [6.07, 6.45) is 3.17. The molecular weight excluding hydrogens is 375 g/mol. The molecule has 0 spiro atoms. The van der Waals surface area contributed by atoms with Gasteiger partial charge in [0, 0.05) is 29.1 Å². The second-order valence-electron chi connectivity index (χ2n) is 7.24. The number of primary amides is 1. The topological polar surface area (TPSA) is 86.6 Å². The Balaban J connectivity index is 1.43. The Labute approximate surface area is 167 Å². The van der Waals surface area contributed by atoms with Gasteiger partial charge in [0.25, 0.3) is 0 Å². The standard InChI is InChI=1S/C22H23FN2O4/c1-27-16-5-7-20-21(10-16)29-17(12-28-20)8-13(22(24)26)2-3-14-11-25-19-6-4-15(23)9-18(14)19/h4-7,9-11,13,17,25H,2-3,8,12H2,1H3,(H2,24,26). The number of nitrogens with one attached hydrogen (secondary N) is 1. The van der Waals surface area contributed by atoms with Crippen molar-refractivity contribution in [1.29, 1.82) is 0 Å². The van der Waals surface area contributed by atoms with E-state index in [9.17, 15) is 9.18 Å². The molecule has 7 heteroatoms. The number of aromatic nitrogens is 1. The van der Waals surface area contributed by atoms with Crippen molar-refractivity contribution < 1.29 is 23.4 Å². The van der Waals surface area contributed by atoms with Gasteiger partial charge in [0.05, 0.1) is 7.11 Å². The van der Waals surface area contributed by atoms with Gasteiger partial charge in [-0.05, 0) is 55.2 Å². The summed E-state index contributed by atoms with van der Waals surface area (Å²) in [7, 11) is 1.59. The number of aryl methyl sites for hydroxylation is 1. The molecular formula is C22H23FN2O4. The van der Waals surface area contributed by atoms with Gasteiger partial charge in [-0.15, -0.1) is 0 Å². The maximum atomic E-state index is 13.6. The molecule has 0 bridgehead atoms. The van der Waals surface area contributed by atoms with E-state index in [0.717, 1.165) is 16.5 Å². The van der Waals surface area contributed by atoms with Crippen LogP contribution in [0, 0.1) is 11.7 Å². The van der Waals surface area contributed by atoms with Gasteiger partial charge in [-0.3, -0.25) is 4.79 Å². The van der Waals surface area contributed by atoms with Crippen LogP contribution < -0.4 is 19.9 Å². The first-order valence-corrected chi connectivity index (χ1v) is 9.56. The van der Waals surface area contributed by atoms with E-state index in [-0.39, 0.29) is 23.7 Å². The lowest BCUT2D eigenvalue weighted by Gasteiger charge is -2.28. The van der Waals surface area contributed by atoms with Gasteiger partial charge in [-0.25, -0.2) is 4.39 Å². The first kappa shape index (κ1) is 19.1. The van der Waals surface area contributed by atoms with Gasteiger partial charge in [0.1, 0.15) is 24.3 Å². The molecule has 3 aromatic rings. The van der Waals surface area contributed by atoms with Gasteiger partial charge in [0.2, 0.25) is 5.91 Å². The van der Waals surface area contributed by atoms with Crippen molar-refractivity contribution in [3.05, 3.63) is 54.0 Å². The third-order valence-electron chi connectivity index (χ3n) is 5.31. The summed E-state index contributed by atoms with van der Waals surface area (Å²) in [5.41, 5.74) is 7.47. The van der Waals surface area contributed by atoms with Crippen molar-refractivity contribution in [3.8, 4) is 17.2 Å². The van der Waals surface area contributed by atoms with Crippen LogP contribution in [0.3, 0.4) is 0 Å². The van der Waals surface area contributed by atoms with Crippen LogP contribution in [0.4, 0.5) is 4.39 Å². The summed E-state index contributed by atoms with van der Waals surface area (Å²) in [4.78, 5) is 15.2. The average molecular weight is 398 g/mol. The Bertz CT molecular complexity index is 1030. The lowest BCUT2D eigenvalue weighted by molar-refractivity contribution is -0.123. The van der Waals surface area contributed by atoms with Gasteiger partial charge in [-0.2, -0.15) is 0 Å². The maximum absolute atomic E-state index is 13.6. The molecule has 0 fully saturated rings. The normalized spacial score (nSPS) is 16.6. The van der Waals surface area contributed by atoms with E-state index >= 15 is 0 Å².